The van der Waals surface area contributed by atoms with E-state index < -0.39 is 0 Å². The van der Waals surface area contributed by atoms with Crippen LogP contribution in [-0.2, 0) is 4.79 Å². The molecule has 0 radical (unpaired) electrons. The Balaban J connectivity index is 1.98. The van der Waals surface area contributed by atoms with Gasteiger partial charge in [-0.15, -0.1) is 5.10 Å². The van der Waals surface area contributed by atoms with Crippen molar-refractivity contribution in [1.29, 1.82) is 0 Å². The van der Waals surface area contributed by atoms with Crippen molar-refractivity contribution in [3.8, 4) is 5.69 Å². The van der Waals surface area contributed by atoms with Crippen molar-refractivity contribution < 1.29 is 4.79 Å². The Bertz CT molecular complexity index is 493. The lowest BCUT2D eigenvalue weighted by molar-refractivity contribution is -0.116. The molecule has 0 fully saturated rings. The second-order valence-corrected chi connectivity index (χ2v) is 3.74. The first kappa shape index (κ1) is 12.2. The van der Waals surface area contributed by atoms with E-state index in [2.05, 4.69) is 20.8 Å². The first-order valence-electron chi connectivity index (χ1n) is 5.63. The summed E-state index contributed by atoms with van der Waals surface area (Å²) in [5.74, 6) is -0.0318. The molecule has 2 aromatic rings. The van der Waals surface area contributed by atoms with Crippen LogP contribution < -0.4 is 11.1 Å². The standard InChI is InChI=1S/C11H14N6O/c12-7-1-2-11(18)14-9-3-5-10(6-4-9)17-8-13-15-16-17/h3-6,8H,1-2,7,12H2,(H,14,18). The summed E-state index contributed by atoms with van der Waals surface area (Å²) in [6.45, 7) is 0.520. The molecule has 94 valence electrons. The molecule has 0 spiro atoms. The van der Waals surface area contributed by atoms with E-state index in [0.717, 1.165) is 11.4 Å². The van der Waals surface area contributed by atoms with Crippen LogP contribution in [0.25, 0.3) is 5.69 Å². The molecule has 0 unspecified atom stereocenters. The van der Waals surface area contributed by atoms with Crippen LogP contribution in [0.4, 0.5) is 5.69 Å². The smallest absolute Gasteiger partial charge is 0.224 e. The van der Waals surface area contributed by atoms with Gasteiger partial charge < -0.3 is 11.1 Å². The summed E-state index contributed by atoms with van der Waals surface area (Å²) in [6, 6.07) is 7.26. The zero-order valence-electron chi connectivity index (χ0n) is 9.78. The fourth-order valence-electron chi connectivity index (χ4n) is 1.46. The van der Waals surface area contributed by atoms with Gasteiger partial charge in [0.2, 0.25) is 5.91 Å². The monoisotopic (exact) mass is 246 g/mol. The third-order valence-electron chi connectivity index (χ3n) is 2.37. The third kappa shape index (κ3) is 3.11. The molecule has 1 aromatic heterocycles. The van der Waals surface area contributed by atoms with Crippen LogP contribution in [0.3, 0.4) is 0 Å². The van der Waals surface area contributed by atoms with Crippen molar-refractivity contribution in [3.63, 3.8) is 0 Å². The number of hydrogen-bond acceptors (Lipinski definition) is 5. The highest BCUT2D eigenvalue weighted by atomic mass is 16.1. The first-order valence-corrected chi connectivity index (χ1v) is 5.63. The number of tetrazole rings is 1. The SMILES string of the molecule is NCCCC(=O)Nc1ccc(-n2cnnn2)cc1. The molecule has 1 aromatic carbocycles. The number of nitrogens with one attached hydrogen (secondary N) is 1. The summed E-state index contributed by atoms with van der Waals surface area (Å²) in [5.41, 5.74) is 6.92. The minimum Gasteiger partial charge on any atom is -0.330 e. The largest absolute Gasteiger partial charge is 0.330 e. The zero-order valence-corrected chi connectivity index (χ0v) is 9.78. The molecule has 1 heterocycles. The molecule has 0 aliphatic carbocycles. The molecule has 0 atom stereocenters. The number of anilines is 1. The van der Waals surface area contributed by atoms with E-state index >= 15 is 0 Å². The topological polar surface area (TPSA) is 98.7 Å². The number of nitrogens with zero attached hydrogens (tertiary/aromatic N) is 4. The van der Waals surface area contributed by atoms with Crippen molar-refractivity contribution in [2.24, 2.45) is 5.73 Å². The molecule has 0 saturated heterocycles. The van der Waals surface area contributed by atoms with Gasteiger partial charge in [-0.2, -0.15) is 0 Å². The van der Waals surface area contributed by atoms with E-state index in [9.17, 15) is 4.79 Å². The molecule has 2 rings (SSSR count). The lowest BCUT2D eigenvalue weighted by Crippen LogP contribution is -2.13. The van der Waals surface area contributed by atoms with Crippen molar-refractivity contribution >= 4 is 11.6 Å². The van der Waals surface area contributed by atoms with Gasteiger partial charge in [0.15, 0.2) is 0 Å². The van der Waals surface area contributed by atoms with Gasteiger partial charge in [-0.25, -0.2) is 4.68 Å². The molecule has 7 heteroatoms. The predicted octanol–water partition coefficient (Wildman–Crippen LogP) is 0.340. The Kier molecular flexibility index (Phi) is 3.98. The lowest BCUT2D eigenvalue weighted by Gasteiger charge is -2.05. The highest BCUT2D eigenvalue weighted by Gasteiger charge is 2.02. The molecule has 7 nitrogen and oxygen atoms in total. The van der Waals surface area contributed by atoms with Crippen LogP contribution in [-0.4, -0.2) is 32.7 Å². The molecule has 0 bridgehead atoms. The Morgan fingerprint density at radius 2 is 2.11 bits per heavy atom. The fourth-order valence-corrected chi connectivity index (χ4v) is 1.46. The highest BCUT2D eigenvalue weighted by Crippen LogP contribution is 2.12. The number of rotatable bonds is 5. The maximum Gasteiger partial charge on any atom is 0.224 e. The van der Waals surface area contributed by atoms with Crippen molar-refractivity contribution in [1.82, 2.24) is 20.2 Å². The first-order chi connectivity index (χ1) is 8.79. The molecule has 1 amide bonds. The Hall–Kier alpha value is -2.28. The summed E-state index contributed by atoms with van der Waals surface area (Å²) >= 11 is 0. The molecular weight excluding hydrogens is 232 g/mol. The van der Waals surface area contributed by atoms with Crippen LogP contribution in [0, 0.1) is 0 Å². The summed E-state index contributed by atoms with van der Waals surface area (Å²) in [4.78, 5) is 11.5. The van der Waals surface area contributed by atoms with Gasteiger partial charge in [-0.05, 0) is 47.7 Å². The van der Waals surface area contributed by atoms with Crippen LogP contribution in [0.1, 0.15) is 12.8 Å². The van der Waals surface area contributed by atoms with E-state index in [0.29, 0.717) is 19.4 Å². The number of carbonyl (C=O) groups excluding carboxylic acids is 1. The average Bonchev–Trinajstić information content (AvgIpc) is 2.91. The summed E-state index contributed by atoms with van der Waals surface area (Å²) in [6.07, 6.45) is 2.63. The third-order valence-corrected chi connectivity index (χ3v) is 2.37. The minimum atomic E-state index is -0.0318. The number of carbonyl (C=O) groups is 1. The van der Waals surface area contributed by atoms with E-state index in [1.807, 2.05) is 12.1 Å². The molecule has 0 saturated carbocycles. The zero-order chi connectivity index (χ0) is 12.8. The van der Waals surface area contributed by atoms with Crippen LogP contribution in [0.15, 0.2) is 30.6 Å². The van der Waals surface area contributed by atoms with Gasteiger partial charge in [-0.1, -0.05) is 0 Å². The molecule has 18 heavy (non-hydrogen) atoms. The predicted molar refractivity (Wildman–Crippen MR) is 66.1 cm³/mol. The molecule has 0 aliphatic rings. The van der Waals surface area contributed by atoms with Crippen molar-refractivity contribution in [2.75, 3.05) is 11.9 Å². The van der Waals surface area contributed by atoms with Gasteiger partial charge in [0.05, 0.1) is 5.69 Å². The maximum absolute atomic E-state index is 11.5. The summed E-state index contributed by atoms with van der Waals surface area (Å²) in [7, 11) is 0. The van der Waals surface area contributed by atoms with Crippen LogP contribution in [0.5, 0.6) is 0 Å². The van der Waals surface area contributed by atoms with Crippen molar-refractivity contribution in [3.05, 3.63) is 30.6 Å². The number of hydrogen-bond donors (Lipinski definition) is 2. The van der Waals surface area contributed by atoms with Crippen LogP contribution >= 0.6 is 0 Å². The Labute approximate surface area is 104 Å². The summed E-state index contributed by atoms with van der Waals surface area (Å²) < 4.78 is 1.54. The molecular formula is C11H14N6O. The Morgan fingerprint density at radius 1 is 1.33 bits per heavy atom. The average molecular weight is 246 g/mol. The lowest BCUT2D eigenvalue weighted by atomic mass is 10.2. The van der Waals surface area contributed by atoms with Gasteiger partial charge >= 0.3 is 0 Å². The summed E-state index contributed by atoms with van der Waals surface area (Å²) in [5, 5.41) is 13.7. The second kappa shape index (κ2) is 5.87. The number of nitrogens with two attached hydrogens (primary N) is 1. The highest BCUT2D eigenvalue weighted by molar-refractivity contribution is 5.90. The normalized spacial score (nSPS) is 10.3. The maximum atomic E-state index is 11.5. The van der Waals surface area contributed by atoms with E-state index in [1.54, 1.807) is 16.8 Å². The quantitative estimate of drug-likeness (QED) is 0.792. The van der Waals surface area contributed by atoms with Gasteiger partial charge in [0.25, 0.3) is 0 Å². The minimum absolute atomic E-state index is 0.0318. The number of aromatic nitrogens is 4. The molecule has 3 N–H and O–H groups in total. The van der Waals surface area contributed by atoms with E-state index in [-0.39, 0.29) is 5.91 Å². The van der Waals surface area contributed by atoms with Gasteiger partial charge in [0, 0.05) is 12.1 Å². The van der Waals surface area contributed by atoms with Crippen LogP contribution in [0.2, 0.25) is 0 Å². The van der Waals surface area contributed by atoms with Crippen molar-refractivity contribution in [2.45, 2.75) is 12.8 Å². The Morgan fingerprint density at radius 3 is 2.72 bits per heavy atom. The van der Waals surface area contributed by atoms with E-state index in [4.69, 9.17) is 5.73 Å². The number of amides is 1. The molecule has 0 aliphatic heterocycles. The number of benzene rings is 1. The van der Waals surface area contributed by atoms with Gasteiger partial charge in [0.1, 0.15) is 6.33 Å². The van der Waals surface area contributed by atoms with Gasteiger partial charge in [-0.3, -0.25) is 4.79 Å². The van der Waals surface area contributed by atoms with E-state index in [1.165, 1.54) is 6.33 Å². The fraction of sp³-hybridized carbons (Fsp3) is 0.273. The second-order valence-electron chi connectivity index (χ2n) is 3.74.